The van der Waals surface area contributed by atoms with Crippen LogP contribution in [-0.4, -0.2) is 61.8 Å². The Morgan fingerprint density at radius 2 is 1.87 bits per heavy atom. The van der Waals surface area contributed by atoms with Crippen LogP contribution in [0.25, 0.3) is 10.2 Å². The molecule has 7 nitrogen and oxygen atoms in total. The van der Waals surface area contributed by atoms with Gasteiger partial charge in [0.2, 0.25) is 10.0 Å². The van der Waals surface area contributed by atoms with E-state index < -0.39 is 10.0 Å². The molecule has 0 saturated carbocycles. The molecule has 30 heavy (non-hydrogen) atoms. The summed E-state index contributed by atoms with van der Waals surface area (Å²) in [6.07, 6.45) is 0. The summed E-state index contributed by atoms with van der Waals surface area (Å²) in [6, 6.07) is 14.4. The molecule has 2 heterocycles. The normalized spacial score (nSPS) is 15.6. The third-order valence-electron chi connectivity index (χ3n) is 5.08. The maximum atomic E-state index is 12.9. The van der Waals surface area contributed by atoms with E-state index in [4.69, 9.17) is 0 Å². The van der Waals surface area contributed by atoms with Gasteiger partial charge in [0.25, 0.3) is 5.91 Å². The molecular formula is C21H24N4O3S2. The summed E-state index contributed by atoms with van der Waals surface area (Å²) in [5.74, 6) is -0.136. The second-order valence-electron chi connectivity index (χ2n) is 7.17. The molecule has 0 aliphatic carbocycles. The van der Waals surface area contributed by atoms with Crippen molar-refractivity contribution in [2.45, 2.75) is 18.4 Å². The third-order valence-corrected chi connectivity index (χ3v) is 7.65. The number of amides is 1. The van der Waals surface area contributed by atoms with Crippen molar-refractivity contribution in [1.82, 2.24) is 19.5 Å². The van der Waals surface area contributed by atoms with Gasteiger partial charge in [-0.1, -0.05) is 25.1 Å². The van der Waals surface area contributed by atoms with Gasteiger partial charge in [0.15, 0.2) is 0 Å². The van der Waals surface area contributed by atoms with E-state index in [0.29, 0.717) is 25.2 Å². The minimum atomic E-state index is -3.59. The number of nitrogens with one attached hydrogen (secondary N) is 1. The van der Waals surface area contributed by atoms with Crippen LogP contribution in [0.3, 0.4) is 0 Å². The summed E-state index contributed by atoms with van der Waals surface area (Å²) in [7, 11) is -3.59. The molecule has 1 N–H and O–H groups in total. The van der Waals surface area contributed by atoms with Gasteiger partial charge in [-0.05, 0) is 30.3 Å². The maximum absolute atomic E-state index is 12.9. The highest BCUT2D eigenvalue weighted by molar-refractivity contribution is 7.89. The second-order valence-corrected chi connectivity index (χ2v) is 10.1. The SMILES string of the molecule is CCNS(=O)(=O)c1cccc(C(=O)N2CCN(Cc3nc4ccccc4s3)CC2)c1. The number of benzene rings is 2. The van der Waals surface area contributed by atoms with Gasteiger partial charge in [-0.25, -0.2) is 18.1 Å². The average molecular weight is 445 g/mol. The maximum Gasteiger partial charge on any atom is 0.253 e. The van der Waals surface area contributed by atoms with Gasteiger partial charge in [-0.3, -0.25) is 9.69 Å². The van der Waals surface area contributed by atoms with Crippen molar-refractivity contribution >= 4 is 37.5 Å². The number of piperazine rings is 1. The molecule has 0 radical (unpaired) electrons. The first-order chi connectivity index (χ1) is 14.5. The van der Waals surface area contributed by atoms with E-state index in [1.54, 1.807) is 35.3 Å². The van der Waals surface area contributed by atoms with Gasteiger partial charge in [0, 0.05) is 38.3 Å². The van der Waals surface area contributed by atoms with Crippen molar-refractivity contribution in [1.29, 1.82) is 0 Å². The molecule has 1 saturated heterocycles. The second kappa shape index (κ2) is 8.81. The van der Waals surface area contributed by atoms with E-state index in [1.165, 1.54) is 16.8 Å². The number of carbonyl (C=O) groups is 1. The van der Waals surface area contributed by atoms with Gasteiger partial charge < -0.3 is 4.90 Å². The molecule has 9 heteroatoms. The molecule has 158 valence electrons. The van der Waals surface area contributed by atoms with Crippen molar-refractivity contribution < 1.29 is 13.2 Å². The van der Waals surface area contributed by atoms with Crippen LogP contribution in [0, 0.1) is 0 Å². The quantitative estimate of drug-likeness (QED) is 0.632. The number of aromatic nitrogens is 1. The molecule has 1 aromatic heterocycles. The molecule has 0 unspecified atom stereocenters. The Hall–Kier alpha value is -2.33. The molecule has 2 aromatic carbocycles. The fourth-order valence-corrected chi connectivity index (χ4v) is 5.64. The Bertz CT molecular complexity index is 1120. The molecule has 1 fully saturated rings. The summed E-state index contributed by atoms with van der Waals surface area (Å²) in [4.78, 5) is 21.8. The zero-order valence-electron chi connectivity index (χ0n) is 16.7. The van der Waals surface area contributed by atoms with Crippen LogP contribution >= 0.6 is 11.3 Å². The Morgan fingerprint density at radius 3 is 2.60 bits per heavy atom. The molecule has 0 spiro atoms. The molecule has 3 aromatic rings. The van der Waals surface area contributed by atoms with Crippen LogP contribution in [0.1, 0.15) is 22.3 Å². The summed E-state index contributed by atoms with van der Waals surface area (Å²) in [6.45, 7) is 5.53. The van der Waals surface area contributed by atoms with Crippen molar-refractivity contribution in [2.24, 2.45) is 0 Å². The van der Waals surface area contributed by atoms with Crippen LogP contribution in [0.2, 0.25) is 0 Å². The highest BCUT2D eigenvalue weighted by atomic mass is 32.2. The van der Waals surface area contributed by atoms with Gasteiger partial charge in [0.1, 0.15) is 5.01 Å². The van der Waals surface area contributed by atoms with Gasteiger partial charge >= 0.3 is 0 Å². The van der Waals surface area contributed by atoms with Gasteiger partial charge in [0.05, 0.1) is 21.7 Å². The number of para-hydroxylation sites is 1. The molecule has 1 aliphatic rings. The van der Waals surface area contributed by atoms with E-state index in [2.05, 4.69) is 20.7 Å². The Kier molecular flexibility index (Phi) is 6.14. The predicted molar refractivity (Wildman–Crippen MR) is 118 cm³/mol. The van der Waals surface area contributed by atoms with Gasteiger partial charge in [-0.2, -0.15) is 0 Å². The van der Waals surface area contributed by atoms with Crippen molar-refractivity contribution in [3.05, 3.63) is 59.1 Å². The van der Waals surface area contributed by atoms with Crippen molar-refractivity contribution in [3.63, 3.8) is 0 Å². The van der Waals surface area contributed by atoms with E-state index in [0.717, 1.165) is 30.2 Å². The van der Waals surface area contributed by atoms with Crippen LogP contribution < -0.4 is 4.72 Å². The molecule has 1 aliphatic heterocycles. The van der Waals surface area contributed by atoms with E-state index in [1.807, 2.05) is 18.2 Å². The van der Waals surface area contributed by atoms with Crippen molar-refractivity contribution in [3.8, 4) is 0 Å². The first-order valence-electron chi connectivity index (χ1n) is 9.92. The first kappa shape index (κ1) is 20.9. The third kappa shape index (κ3) is 4.54. The fraction of sp³-hybridized carbons (Fsp3) is 0.333. The average Bonchev–Trinajstić information content (AvgIpc) is 3.16. The zero-order chi connectivity index (χ0) is 21.1. The molecule has 0 bridgehead atoms. The number of hydrogen-bond donors (Lipinski definition) is 1. The Morgan fingerprint density at radius 1 is 1.10 bits per heavy atom. The highest BCUT2D eigenvalue weighted by Crippen LogP contribution is 2.23. The highest BCUT2D eigenvalue weighted by Gasteiger charge is 2.24. The number of thiazole rings is 1. The lowest BCUT2D eigenvalue weighted by atomic mass is 10.2. The van der Waals surface area contributed by atoms with Crippen LogP contribution in [0.5, 0.6) is 0 Å². The number of sulfonamides is 1. The van der Waals surface area contributed by atoms with Crippen LogP contribution in [0.15, 0.2) is 53.4 Å². The minimum Gasteiger partial charge on any atom is -0.336 e. The molecule has 1 amide bonds. The monoisotopic (exact) mass is 444 g/mol. The number of nitrogens with zero attached hydrogens (tertiary/aromatic N) is 3. The predicted octanol–water partition coefficient (Wildman–Crippen LogP) is 2.55. The summed E-state index contributed by atoms with van der Waals surface area (Å²) in [5.41, 5.74) is 1.42. The van der Waals surface area contributed by atoms with E-state index in [9.17, 15) is 13.2 Å². The topological polar surface area (TPSA) is 82.6 Å². The van der Waals surface area contributed by atoms with Crippen LogP contribution in [-0.2, 0) is 16.6 Å². The summed E-state index contributed by atoms with van der Waals surface area (Å²) >= 11 is 1.71. The van der Waals surface area contributed by atoms with E-state index in [-0.39, 0.29) is 10.8 Å². The number of fused-ring (bicyclic) bond motifs is 1. The largest absolute Gasteiger partial charge is 0.336 e. The Labute approximate surface area is 180 Å². The number of hydrogen-bond acceptors (Lipinski definition) is 6. The molecule has 0 atom stereocenters. The van der Waals surface area contributed by atoms with E-state index >= 15 is 0 Å². The lowest BCUT2D eigenvalue weighted by Crippen LogP contribution is -2.48. The summed E-state index contributed by atoms with van der Waals surface area (Å²) < 4.78 is 28.1. The minimum absolute atomic E-state index is 0.115. The lowest BCUT2D eigenvalue weighted by Gasteiger charge is -2.34. The number of rotatable bonds is 6. The zero-order valence-corrected chi connectivity index (χ0v) is 18.4. The fourth-order valence-electron chi connectivity index (χ4n) is 3.54. The standard InChI is InChI=1S/C21H24N4O3S2/c1-2-22-30(27,28)17-7-5-6-16(14-17)21(26)25-12-10-24(11-13-25)15-20-23-18-8-3-4-9-19(18)29-20/h3-9,14,22H,2,10-13,15H2,1H3. The smallest absolute Gasteiger partial charge is 0.253 e. The molecular weight excluding hydrogens is 420 g/mol. The first-order valence-corrected chi connectivity index (χ1v) is 12.2. The lowest BCUT2D eigenvalue weighted by molar-refractivity contribution is 0.0628. The van der Waals surface area contributed by atoms with Crippen LogP contribution in [0.4, 0.5) is 0 Å². The number of carbonyl (C=O) groups excluding carboxylic acids is 1. The van der Waals surface area contributed by atoms with Gasteiger partial charge in [-0.15, -0.1) is 11.3 Å². The molecule has 4 rings (SSSR count). The van der Waals surface area contributed by atoms with Crippen molar-refractivity contribution in [2.75, 3.05) is 32.7 Å². The Balaban J connectivity index is 1.38. The summed E-state index contributed by atoms with van der Waals surface area (Å²) in [5, 5.41) is 1.08.